The Morgan fingerprint density at radius 1 is 1.32 bits per heavy atom. The highest BCUT2D eigenvalue weighted by Gasteiger charge is 2.30. The third kappa shape index (κ3) is 1.96. The van der Waals surface area contributed by atoms with Crippen LogP contribution in [-0.2, 0) is 5.92 Å². The van der Waals surface area contributed by atoms with E-state index in [1.54, 1.807) is 6.07 Å². The largest absolute Gasteiger partial charge is 0.454 e. The van der Waals surface area contributed by atoms with E-state index in [9.17, 15) is 8.78 Å². The molecule has 7 heteroatoms. The van der Waals surface area contributed by atoms with Gasteiger partial charge in [0.2, 0.25) is 6.79 Å². The van der Waals surface area contributed by atoms with Crippen LogP contribution >= 0.6 is 0 Å². The topological polar surface area (TPSA) is 73.2 Å². The molecule has 0 bridgehead atoms. The number of ether oxygens (including phenoxy) is 2. The standard InChI is InChI=1S/C12H11F2N3O2/c1-12(13,14)6-2-7(8-4-10(15)17-16-8)11-9(3-6)18-5-19-11/h2-4H,5H2,1H3,(H3,15,16,17). The van der Waals surface area contributed by atoms with Gasteiger partial charge in [0, 0.05) is 24.1 Å². The molecule has 2 aromatic rings. The number of hydrogen-bond donors (Lipinski definition) is 2. The summed E-state index contributed by atoms with van der Waals surface area (Å²) in [5.74, 6) is -1.99. The van der Waals surface area contributed by atoms with E-state index in [1.807, 2.05) is 0 Å². The number of fused-ring (bicyclic) bond motifs is 1. The van der Waals surface area contributed by atoms with E-state index in [-0.39, 0.29) is 18.2 Å². The van der Waals surface area contributed by atoms with E-state index >= 15 is 0 Å². The zero-order valence-electron chi connectivity index (χ0n) is 10.0. The van der Waals surface area contributed by atoms with Crippen molar-refractivity contribution in [2.75, 3.05) is 12.5 Å². The van der Waals surface area contributed by atoms with Crippen LogP contribution in [0.3, 0.4) is 0 Å². The average molecular weight is 267 g/mol. The van der Waals surface area contributed by atoms with Crippen LogP contribution in [0.25, 0.3) is 11.3 Å². The molecule has 1 aliphatic heterocycles. The van der Waals surface area contributed by atoms with Gasteiger partial charge in [-0.3, -0.25) is 5.10 Å². The summed E-state index contributed by atoms with van der Waals surface area (Å²) in [6, 6.07) is 4.18. The summed E-state index contributed by atoms with van der Waals surface area (Å²) in [5.41, 5.74) is 6.33. The second-order valence-electron chi connectivity index (χ2n) is 4.35. The van der Waals surface area contributed by atoms with Crippen LogP contribution in [0, 0.1) is 0 Å². The zero-order chi connectivity index (χ0) is 13.6. The highest BCUT2D eigenvalue weighted by atomic mass is 19.3. The lowest BCUT2D eigenvalue weighted by atomic mass is 10.0. The molecule has 3 rings (SSSR count). The van der Waals surface area contributed by atoms with Gasteiger partial charge in [-0.05, 0) is 12.1 Å². The minimum Gasteiger partial charge on any atom is -0.454 e. The summed E-state index contributed by atoms with van der Waals surface area (Å²) in [6.45, 7) is 0.834. The van der Waals surface area contributed by atoms with Crippen molar-refractivity contribution in [3.05, 3.63) is 23.8 Å². The van der Waals surface area contributed by atoms with Gasteiger partial charge in [0.15, 0.2) is 11.5 Å². The Labute approximate surface area is 107 Å². The maximum Gasteiger partial charge on any atom is 0.270 e. The quantitative estimate of drug-likeness (QED) is 0.876. The number of nitrogens with two attached hydrogens (primary N) is 1. The molecule has 0 unspecified atom stereocenters. The predicted molar refractivity (Wildman–Crippen MR) is 64.1 cm³/mol. The van der Waals surface area contributed by atoms with Crippen molar-refractivity contribution in [3.63, 3.8) is 0 Å². The number of nitrogens with one attached hydrogen (secondary N) is 1. The third-order valence-electron chi connectivity index (χ3n) is 2.87. The number of alkyl halides is 2. The number of aromatic amines is 1. The summed E-state index contributed by atoms with van der Waals surface area (Å²) in [5, 5.41) is 6.45. The number of rotatable bonds is 2. The number of nitrogen functional groups attached to an aromatic ring is 1. The van der Waals surface area contributed by atoms with E-state index in [0.29, 0.717) is 22.8 Å². The van der Waals surface area contributed by atoms with Crippen LogP contribution < -0.4 is 15.2 Å². The first kappa shape index (κ1) is 11.8. The monoisotopic (exact) mass is 267 g/mol. The summed E-state index contributed by atoms with van der Waals surface area (Å²) in [6.07, 6.45) is 0. The molecule has 0 saturated carbocycles. The molecule has 19 heavy (non-hydrogen) atoms. The molecule has 0 atom stereocenters. The molecule has 2 heterocycles. The Bertz CT molecular complexity index is 634. The van der Waals surface area contributed by atoms with Gasteiger partial charge in [-0.1, -0.05) is 0 Å². The third-order valence-corrected chi connectivity index (χ3v) is 2.87. The van der Waals surface area contributed by atoms with Crippen molar-refractivity contribution in [2.45, 2.75) is 12.8 Å². The molecule has 5 nitrogen and oxygen atoms in total. The van der Waals surface area contributed by atoms with E-state index in [2.05, 4.69) is 10.2 Å². The number of aromatic nitrogens is 2. The van der Waals surface area contributed by atoms with Crippen LogP contribution in [0.2, 0.25) is 0 Å². The first-order valence-corrected chi connectivity index (χ1v) is 5.58. The van der Waals surface area contributed by atoms with Crippen molar-refractivity contribution in [3.8, 4) is 22.8 Å². The van der Waals surface area contributed by atoms with Crippen LogP contribution in [-0.4, -0.2) is 17.0 Å². The Kier molecular flexibility index (Phi) is 2.38. The number of hydrogen-bond acceptors (Lipinski definition) is 4. The lowest BCUT2D eigenvalue weighted by molar-refractivity contribution is 0.0173. The van der Waals surface area contributed by atoms with Crippen molar-refractivity contribution in [1.82, 2.24) is 10.2 Å². The van der Waals surface area contributed by atoms with Gasteiger partial charge in [0.25, 0.3) is 5.92 Å². The molecule has 0 aliphatic carbocycles. The van der Waals surface area contributed by atoms with Crippen LogP contribution in [0.5, 0.6) is 11.5 Å². The van der Waals surface area contributed by atoms with Crippen LogP contribution in [0.1, 0.15) is 12.5 Å². The first-order chi connectivity index (χ1) is 8.95. The number of anilines is 1. The Morgan fingerprint density at radius 2 is 2.11 bits per heavy atom. The minimum atomic E-state index is -2.97. The Hall–Kier alpha value is -2.31. The van der Waals surface area contributed by atoms with E-state index in [1.165, 1.54) is 12.1 Å². The summed E-state index contributed by atoms with van der Waals surface area (Å²) >= 11 is 0. The average Bonchev–Trinajstić information content (AvgIpc) is 2.94. The van der Waals surface area contributed by atoms with E-state index in [0.717, 1.165) is 6.92 Å². The molecule has 3 N–H and O–H groups in total. The number of benzene rings is 1. The number of nitrogens with zero attached hydrogens (tertiary/aromatic N) is 1. The molecule has 0 amide bonds. The van der Waals surface area contributed by atoms with E-state index in [4.69, 9.17) is 15.2 Å². The van der Waals surface area contributed by atoms with Gasteiger partial charge in [-0.2, -0.15) is 5.10 Å². The Balaban J connectivity index is 2.20. The number of H-pyrrole nitrogens is 1. The lowest BCUT2D eigenvalue weighted by Gasteiger charge is -2.13. The molecule has 0 saturated heterocycles. The van der Waals surface area contributed by atoms with Crippen molar-refractivity contribution < 1.29 is 18.3 Å². The SMILES string of the molecule is CC(F)(F)c1cc2c(c(-c3cc(N)n[nH]3)c1)OCO2. The lowest BCUT2D eigenvalue weighted by Crippen LogP contribution is -2.07. The van der Waals surface area contributed by atoms with Crippen LogP contribution in [0.15, 0.2) is 18.2 Å². The highest BCUT2D eigenvalue weighted by Crippen LogP contribution is 2.44. The molecule has 1 aromatic heterocycles. The second-order valence-corrected chi connectivity index (χ2v) is 4.35. The molecule has 1 aliphatic rings. The fraction of sp³-hybridized carbons (Fsp3) is 0.250. The fourth-order valence-electron chi connectivity index (χ4n) is 1.94. The van der Waals surface area contributed by atoms with Crippen molar-refractivity contribution in [2.24, 2.45) is 0 Å². The van der Waals surface area contributed by atoms with Crippen LogP contribution in [0.4, 0.5) is 14.6 Å². The maximum absolute atomic E-state index is 13.5. The smallest absolute Gasteiger partial charge is 0.270 e. The van der Waals surface area contributed by atoms with Gasteiger partial charge < -0.3 is 15.2 Å². The highest BCUT2D eigenvalue weighted by molar-refractivity contribution is 5.74. The molecular weight excluding hydrogens is 256 g/mol. The van der Waals surface area contributed by atoms with Gasteiger partial charge in [0.1, 0.15) is 5.82 Å². The predicted octanol–water partition coefficient (Wildman–Crippen LogP) is 2.50. The fourth-order valence-corrected chi connectivity index (χ4v) is 1.94. The molecule has 100 valence electrons. The molecule has 1 aromatic carbocycles. The molecule has 0 radical (unpaired) electrons. The normalized spacial score (nSPS) is 13.8. The summed E-state index contributed by atoms with van der Waals surface area (Å²) in [7, 11) is 0. The Morgan fingerprint density at radius 3 is 2.74 bits per heavy atom. The van der Waals surface area contributed by atoms with Crippen molar-refractivity contribution in [1.29, 1.82) is 0 Å². The number of halogens is 2. The molecule has 0 fully saturated rings. The van der Waals surface area contributed by atoms with E-state index < -0.39 is 5.92 Å². The molecular formula is C12H11F2N3O2. The second kappa shape index (κ2) is 3.84. The van der Waals surface area contributed by atoms with Gasteiger partial charge >= 0.3 is 0 Å². The van der Waals surface area contributed by atoms with Gasteiger partial charge in [-0.15, -0.1) is 0 Å². The zero-order valence-corrected chi connectivity index (χ0v) is 10.0. The van der Waals surface area contributed by atoms with Gasteiger partial charge in [-0.25, -0.2) is 8.78 Å². The minimum absolute atomic E-state index is 0.00465. The van der Waals surface area contributed by atoms with Gasteiger partial charge in [0.05, 0.1) is 5.69 Å². The maximum atomic E-state index is 13.5. The van der Waals surface area contributed by atoms with Crippen molar-refractivity contribution >= 4 is 5.82 Å². The summed E-state index contributed by atoms with van der Waals surface area (Å²) < 4.78 is 37.4. The first-order valence-electron chi connectivity index (χ1n) is 5.58. The molecule has 0 spiro atoms. The summed E-state index contributed by atoms with van der Waals surface area (Å²) in [4.78, 5) is 0.